The molecule has 0 fully saturated rings. The molecule has 1 heterocycles. The van der Waals surface area contributed by atoms with Gasteiger partial charge in [0.25, 0.3) is 0 Å². The fourth-order valence-electron chi connectivity index (χ4n) is 8.33. The van der Waals surface area contributed by atoms with Crippen molar-refractivity contribution < 1.29 is 4.42 Å². The minimum absolute atomic E-state index is 0.110. The molecular weight excluding hydrogens is 573 g/mol. The van der Waals surface area contributed by atoms with Crippen LogP contribution in [0.2, 0.25) is 5.54 Å². The van der Waals surface area contributed by atoms with Gasteiger partial charge in [-0.2, -0.15) is 0 Å². The summed E-state index contributed by atoms with van der Waals surface area (Å²) in [4.78, 5) is 0. The monoisotopic (exact) mass is 616 g/mol. The highest BCUT2D eigenvalue weighted by atomic mass is 28.3. The summed E-state index contributed by atoms with van der Waals surface area (Å²) >= 11 is 0. The molecule has 7 rings (SSSR count). The van der Waals surface area contributed by atoms with Crippen LogP contribution < -0.4 is 10.4 Å². The lowest BCUT2D eigenvalue weighted by Crippen LogP contribution is -2.66. The molecule has 0 bridgehead atoms. The normalized spacial score (nSPS) is 18.1. The van der Waals surface area contributed by atoms with Crippen molar-refractivity contribution in [1.82, 2.24) is 0 Å². The van der Waals surface area contributed by atoms with E-state index in [0.29, 0.717) is 5.54 Å². The van der Waals surface area contributed by atoms with Crippen molar-refractivity contribution >= 4 is 30.1 Å². The highest BCUT2D eigenvalue weighted by Gasteiger charge is 2.56. The van der Waals surface area contributed by atoms with E-state index in [1.807, 2.05) is 0 Å². The van der Waals surface area contributed by atoms with Crippen LogP contribution in [0.15, 0.2) is 142 Å². The second-order valence-electron chi connectivity index (χ2n) is 14.4. The van der Waals surface area contributed by atoms with Crippen molar-refractivity contribution in [3.8, 4) is 11.1 Å². The summed E-state index contributed by atoms with van der Waals surface area (Å²) < 4.78 is 6.56. The Morgan fingerprint density at radius 2 is 1.24 bits per heavy atom. The summed E-state index contributed by atoms with van der Waals surface area (Å²) in [6, 6.07) is 43.4. The van der Waals surface area contributed by atoms with Crippen LogP contribution in [-0.4, -0.2) is 8.07 Å². The SMILES string of the molecule is CC1=CC(C)=C(C)C1[Si](c1ccccc1)(c1ccccc1)C1C(c2ccc(C)o2)=Cc2c(-c3ccc(C(C)(C)C)cc3)cccc21. The van der Waals surface area contributed by atoms with Crippen molar-refractivity contribution in [2.75, 3.05) is 0 Å². The molecule has 0 saturated carbocycles. The summed E-state index contributed by atoms with van der Waals surface area (Å²) in [5, 5.41) is 2.92. The molecule has 1 aromatic heterocycles. The smallest absolute Gasteiger partial charge is 0.140 e. The lowest BCUT2D eigenvalue weighted by molar-refractivity contribution is 0.520. The molecule has 46 heavy (non-hydrogen) atoms. The molecule has 2 aliphatic rings. The van der Waals surface area contributed by atoms with Gasteiger partial charge in [-0.25, -0.2) is 0 Å². The number of fused-ring (bicyclic) bond motifs is 1. The molecule has 4 aromatic carbocycles. The van der Waals surface area contributed by atoms with Gasteiger partial charge in [0.2, 0.25) is 0 Å². The van der Waals surface area contributed by atoms with Gasteiger partial charge in [0.15, 0.2) is 0 Å². The maximum absolute atomic E-state index is 6.56. The Labute approximate surface area is 276 Å². The van der Waals surface area contributed by atoms with Crippen molar-refractivity contribution in [2.45, 2.75) is 65.0 Å². The minimum atomic E-state index is -2.75. The number of hydrogen-bond donors (Lipinski definition) is 0. The Hall–Kier alpha value is -4.40. The summed E-state index contributed by atoms with van der Waals surface area (Å²) in [5.74, 6) is 1.92. The van der Waals surface area contributed by atoms with Crippen molar-refractivity contribution in [2.24, 2.45) is 0 Å². The average molecular weight is 617 g/mol. The van der Waals surface area contributed by atoms with Crippen molar-refractivity contribution in [3.63, 3.8) is 0 Å². The molecular formula is C44H44OSi. The zero-order valence-corrected chi connectivity index (χ0v) is 29.2. The third-order valence-electron chi connectivity index (χ3n) is 10.5. The molecule has 2 aliphatic carbocycles. The highest BCUT2D eigenvalue weighted by molar-refractivity contribution is 7.06. The van der Waals surface area contributed by atoms with E-state index in [-0.39, 0.29) is 11.0 Å². The average Bonchev–Trinajstić information content (AvgIpc) is 3.74. The predicted octanol–water partition coefficient (Wildman–Crippen LogP) is 10.7. The molecule has 0 N–H and O–H groups in total. The summed E-state index contributed by atoms with van der Waals surface area (Å²) in [5.41, 5.74) is 12.8. The maximum atomic E-state index is 6.56. The van der Waals surface area contributed by atoms with Crippen molar-refractivity contribution in [1.29, 1.82) is 0 Å². The van der Waals surface area contributed by atoms with Gasteiger partial charge in [-0.3, -0.25) is 0 Å². The van der Waals surface area contributed by atoms with Gasteiger partial charge in [0, 0.05) is 16.7 Å². The van der Waals surface area contributed by atoms with E-state index in [1.165, 1.54) is 60.5 Å². The highest BCUT2D eigenvalue weighted by Crippen LogP contribution is 2.56. The zero-order valence-electron chi connectivity index (χ0n) is 28.2. The lowest BCUT2D eigenvalue weighted by atomic mass is 9.86. The summed E-state index contributed by atoms with van der Waals surface area (Å²) in [7, 11) is -2.75. The van der Waals surface area contributed by atoms with E-state index in [2.05, 4.69) is 176 Å². The molecule has 2 atom stereocenters. The molecule has 1 nitrogen and oxygen atoms in total. The van der Waals surface area contributed by atoms with Crippen LogP contribution in [0.3, 0.4) is 0 Å². The number of benzene rings is 4. The second kappa shape index (κ2) is 11.4. The van der Waals surface area contributed by atoms with E-state index in [0.717, 1.165) is 11.5 Å². The van der Waals surface area contributed by atoms with Crippen LogP contribution in [0.4, 0.5) is 0 Å². The summed E-state index contributed by atoms with van der Waals surface area (Å²) in [6.45, 7) is 15.9. The number of furan rings is 1. The lowest BCUT2D eigenvalue weighted by Gasteiger charge is -2.46. The van der Waals surface area contributed by atoms with Crippen LogP contribution in [0.5, 0.6) is 0 Å². The van der Waals surface area contributed by atoms with Crippen LogP contribution in [0.25, 0.3) is 22.8 Å². The number of allylic oxidation sites excluding steroid dienone is 5. The Bertz CT molecular complexity index is 1960. The van der Waals surface area contributed by atoms with E-state index in [4.69, 9.17) is 4.42 Å². The minimum Gasteiger partial charge on any atom is -0.462 e. The van der Waals surface area contributed by atoms with Crippen LogP contribution in [0, 0.1) is 6.92 Å². The van der Waals surface area contributed by atoms with Gasteiger partial charge in [-0.15, -0.1) is 0 Å². The van der Waals surface area contributed by atoms with Gasteiger partial charge in [-0.1, -0.05) is 157 Å². The Balaban J connectivity index is 1.57. The van der Waals surface area contributed by atoms with Crippen LogP contribution >= 0.6 is 0 Å². The van der Waals surface area contributed by atoms with Crippen LogP contribution in [-0.2, 0) is 5.41 Å². The van der Waals surface area contributed by atoms with E-state index in [9.17, 15) is 0 Å². The molecule has 0 radical (unpaired) electrons. The van der Waals surface area contributed by atoms with E-state index >= 15 is 0 Å². The standard InChI is InChI=1S/C44H44OSi/c1-29-27-30(2)42(32(29)4)46(35-15-10-8-11-16-35,36-17-12-9-13-18-36)43-38-20-14-19-37(33-22-24-34(25-23-33)44(5,6)7)39(38)28-40(43)41-26-21-31(3)45-41/h8-28,42-43H,1-7H3. The van der Waals surface area contributed by atoms with Crippen LogP contribution in [0.1, 0.15) is 75.3 Å². The fourth-order valence-corrected chi connectivity index (χ4v) is 15.0. The van der Waals surface area contributed by atoms with E-state index in [1.54, 1.807) is 0 Å². The second-order valence-corrected chi connectivity index (χ2v) is 18.4. The maximum Gasteiger partial charge on any atom is 0.140 e. The zero-order chi connectivity index (χ0) is 32.2. The summed E-state index contributed by atoms with van der Waals surface area (Å²) in [6.07, 6.45) is 4.91. The fraction of sp³-hybridized carbons (Fsp3) is 0.227. The quantitative estimate of drug-likeness (QED) is 0.173. The molecule has 0 aliphatic heterocycles. The van der Waals surface area contributed by atoms with Crippen molar-refractivity contribution in [3.05, 3.63) is 166 Å². The first-order valence-electron chi connectivity index (χ1n) is 16.6. The Kier molecular flexibility index (Phi) is 7.52. The number of hydrogen-bond acceptors (Lipinski definition) is 1. The molecule has 5 aromatic rings. The molecule has 0 saturated heterocycles. The van der Waals surface area contributed by atoms with Gasteiger partial charge in [-0.05, 0) is 79.1 Å². The topological polar surface area (TPSA) is 13.1 Å². The Morgan fingerprint density at radius 3 is 1.76 bits per heavy atom. The molecule has 230 valence electrons. The number of rotatable bonds is 6. The third-order valence-corrected chi connectivity index (χ3v) is 16.4. The van der Waals surface area contributed by atoms with Gasteiger partial charge in [0.1, 0.15) is 19.6 Å². The predicted molar refractivity (Wildman–Crippen MR) is 198 cm³/mol. The van der Waals surface area contributed by atoms with E-state index < -0.39 is 8.07 Å². The van der Waals surface area contributed by atoms with Gasteiger partial charge < -0.3 is 4.42 Å². The first-order chi connectivity index (χ1) is 22.1. The molecule has 2 heteroatoms. The first kappa shape index (κ1) is 30.3. The van der Waals surface area contributed by atoms with Gasteiger partial charge >= 0.3 is 0 Å². The van der Waals surface area contributed by atoms with Gasteiger partial charge in [0.05, 0.1) is 0 Å². The molecule has 2 unspecified atom stereocenters. The third kappa shape index (κ3) is 4.82. The molecule has 0 amide bonds. The largest absolute Gasteiger partial charge is 0.462 e. The number of aryl methyl sites for hydroxylation is 1. The Morgan fingerprint density at radius 1 is 0.609 bits per heavy atom. The molecule has 0 spiro atoms. The first-order valence-corrected chi connectivity index (χ1v) is 18.7.